The highest BCUT2D eigenvalue weighted by atomic mass is 16.3. The molecule has 0 radical (unpaired) electrons. The van der Waals surface area contributed by atoms with Gasteiger partial charge in [-0.3, -0.25) is 9.98 Å². The average molecular weight is 415 g/mol. The Morgan fingerprint density at radius 1 is 1.23 bits per heavy atom. The Hall–Kier alpha value is -3.83. The van der Waals surface area contributed by atoms with Crippen LogP contribution in [0.2, 0.25) is 0 Å². The van der Waals surface area contributed by atoms with Crippen LogP contribution in [-0.4, -0.2) is 24.0 Å². The molecule has 0 spiro atoms. The van der Waals surface area contributed by atoms with Crippen molar-refractivity contribution in [3.8, 4) is 0 Å². The van der Waals surface area contributed by atoms with Crippen molar-refractivity contribution in [3.63, 3.8) is 0 Å². The summed E-state index contributed by atoms with van der Waals surface area (Å²) in [6.45, 7) is 19.7. The van der Waals surface area contributed by atoms with Gasteiger partial charge in [-0.1, -0.05) is 44.5 Å². The Bertz CT molecular complexity index is 1130. The van der Waals surface area contributed by atoms with E-state index in [2.05, 4.69) is 36.3 Å². The highest BCUT2D eigenvalue weighted by Crippen LogP contribution is 2.14. The molecule has 5 heteroatoms. The zero-order valence-corrected chi connectivity index (χ0v) is 18.3. The van der Waals surface area contributed by atoms with Crippen molar-refractivity contribution >= 4 is 31.2 Å². The smallest absolute Gasteiger partial charge is 0.119 e. The van der Waals surface area contributed by atoms with Gasteiger partial charge in [-0.15, -0.1) is 0 Å². The third-order valence-electron chi connectivity index (χ3n) is 3.79. The van der Waals surface area contributed by atoms with Gasteiger partial charge in [-0.25, -0.2) is 0 Å². The molecule has 0 aliphatic heterocycles. The minimum absolute atomic E-state index is 0.300. The Balaban J connectivity index is 3.56. The van der Waals surface area contributed by atoms with Gasteiger partial charge >= 0.3 is 0 Å². The van der Waals surface area contributed by atoms with E-state index in [0.717, 1.165) is 28.5 Å². The van der Waals surface area contributed by atoms with Crippen LogP contribution in [0.5, 0.6) is 0 Å². The van der Waals surface area contributed by atoms with Gasteiger partial charge in [0, 0.05) is 25.2 Å². The number of nitrogens with zero attached hydrogens (tertiary/aromatic N) is 2. The average Bonchev–Trinajstić information content (AvgIpc) is 2.71. The van der Waals surface area contributed by atoms with Crippen molar-refractivity contribution in [1.29, 1.82) is 5.41 Å². The second-order valence-electron chi connectivity index (χ2n) is 6.66. The minimum atomic E-state index is 0.300. The number of nitrogens with two attached hydrogens (primary N) is 1. The van der Waals surface area contributed by atoms with Crippen LogP contribution in [0.15, 0.2) is 88.6 Å². The molecule has 1 heterocycles. The van der Waals surface area contributed by atoms with Gasteiger partial charge in [0.15, 0.2) is 0 Å². The van der Waals surface area contributed by atoms with Crippen molar-refractivity contribution in [2.75, 3.05) is 6.54 Å². The molecule has 3 N–H and O–H groups in total. The van der Waals surface area contributed by atoms with Crippen molar-refractivity contribution in [3.05, 3.63) is 107 Å². The van der Waals surface area contributed by atoms with Crippen LogP contribution in [0.4, 0.5) is 0 Å². The summed E-state index contributed by atoms with van der Waals surface area (Å²) in [6, 6.07) is 9.26. The summed E-state index contributed by atoms with van der Waals surface area (Å²) in [5, 5.41) is 7.64. The molecule has 31 heavy (non-hydrogen) atoms. The standard InChI is InChI=1S/C26H30N4O/c1-19(9-7-11-30-22(4)17-27)14-26(18-28)25-15-20(2)13-24(6)31-23(5)10-8-12-29-21(3)16-25/h7-17,27H,1,3-5,18,28H2,2,6H3/b9-7-,10-8?,20-15?,24-13?,25-16?,26-14+,27-17?,29-12?,30-11?. The highest BCUT2D eigenvalue weighted by molar-refractivity contribution is 5.81. The molecule has 0 unspecified atom stereocenters. The number of aryl methyl sites for hydroxylation is 2. The second kappa shape index (κ2) is 13.4. The molecule has 0 atom stereocenters. The van der Waals surface area contributed by atoms with Crippen LogP contribution in [0.1, 0.15) is 16.9 Å². The number of aromatic nitrogens is 1. The molecule has 160 valence electrons. The van der Waals surface area contributed by atoms with E-state index in [0.29, 0.717) is 28.8 Å². The van der Waals surface area contributed by atoms with E-state index in [1.54, 1.807) is 36.7 Å². The second-order valence-corrected chi connectivity index (χ2v) is 6.66. The molecule has 0 fully saturated rings. The van der Waals surface area contributed by atoms with Crippen LogP contribution in [-0.2, 0) is 0 Å². The molecule has 0 amide bonds. The predicted octanol–water partition coefficient (Wildman–Crippen LogP) is 4.05. The summed E-state index contributed by atoms with van der Waals surface area (Å²) in [6.07, 6.45) is 9.70. The maximum Gasteiger partial charge on any atom is 0.119 e. The van der Waals surface area contributed by atoms with Crippen LogP contribution in [0.3, 0.4) is 0 Å². The Labute approximate surface area is 184 Å². The maximum absolute atomic E-state index is 7.06. The summed E-state index contributed by atoms with van der Waals surface area (Å²) < 4.78 is 5.67. The van der Waals surface area contributed by atoms with E-state index >= 15 is 0 Å². The number of nitrogens with one attached hydrogen (secondary N) is 1. The highest BCUT2D eigenvalue weighted by Gasteiger charge is 1.99. The molecule has 0 saturated carbocycles. The third kappa shape index (κ3) is 10.5. The molecule has 5 nitrogen and oxygen atoms in total. The fourth-order valence-corrected chi connectivity index (χ4v) is 2.49. The van der Waals surface area contributed by atoms with Crippen LogP contribution >= 0.6 is 0 Å². The van der Waals surface area contributed by atoms with E-state index in [-0.39, 0.29) is 0 Å². The van der Waals surface area contributed by atoms with Crippen molar-refractivity contribution in [2.45, 2.75) is 13.8 Å². The lowest BCUT2D eigenvalue weighted by Gasteiger charge is -2.05. The number of hydrogen-bond acceptors (Lipinski definition) is 5. The first-order valence-corrected chi connectivity index (χ1v) is 9.60. The van der Waals surface area contributed by atoms with Gasteiger partial charge in [-0.05, 0) is 66.5 Å². The van der Waals surface area contributed by atoms with Gasteiger partial charge in [-0.2, -0.15) is 0 Å². The first-order valence-electron chi connectivity index (χ1n) is 9.60. The van der Waals surface area contributed by atoms with Crippen molar-refractivity contribution in [1.82, 2.24) is 4.98 Å². The molecule has 0 saturated heterocycles. The Morgan fingerprint density at radius 2 is 1.97 bits per heavy atom. The fourth-order valence-electron chi connectivity index (χ4n) is 2.49. The summed E-state index contributed by atoms with van der Waals surface area (Å²) in [7, 11) is 0. The van der Waals surface area contributed by atoms with E-state index in [1.165, 1.54) is 0 Å². The number of allylic oxidation sites excluding steroid dienone is 5. The molecule has 0 aliphatic rings. The zero-order valence-electron chi connectivity index (χ0n) is 18.3. The van der Waals surface area contributed by atoms with Gasteiger partial charge in [0.05, 0.1) is 11.0 Å². The Kier molecular flexibility index (Phi) is 10.9. The van der Waals surface area contributed by atoms with Gasteiger partial charge in [0.1, 0.15) is 11.2 Å². The van der Waals surface area contributed by atoms with Crippen molar-refractivity contribution in [2.24, 2.45) is 10.7 Å². The molecule has 1 rings (SSSR count). The van der Waals surface area contributed by atoms with Crippen LogP contribution < -0.4 is 16.5 Å². The van der Waals surface area contributed by atoms with Crippen LogP contribution in [0, 0.1) is 19.3 Å². The third-order valence-corrected chi connectivity index (χ3v) is 3.79. The minimum Gasteiger partial charge on any atom is -0.463 e. The summed E-state index contributed by atoms with van der Waals surface area (Å²) in [4.78, 5) is 8.31. The molecule has 0 aromatic carbocycles. The Morgan fingerprint density at radius 3 is 2.65 bits per heavy atom. The van der Waals surface area contributed by atoms with E-state index in [4.69, 9.17) is 15.6 Å². The lowest BCUT2D eigenvalue weighted by atomic mass is 10.0. The zero-order chi connectivity index (χ0) is 23.2. The van der Waals surface area contributed by atoms with E-state index in [9.17, 15) is 0 Å². The largest absolute Gasteiger partial charge is 0.463 e. The molecule has 0 bridgehead atoms. The first kappa shape index (κ1) is 25.2. The monoisotopic (exact) mass is 414 g/mol. The quantitative estimate of drug-likeness (QED) is 0.521. The molecule has 0 aliphatic carbocycles. The van der Waals surface area contributed by atoms with E-state index in [1.807, 2.05) is 38.1 Å². The molecular weight excluding hydrogens is 384 g/mol. The molecule has 1 aromatic heterocycles. The maximum atomic E-state index is 7.06. The fraction of sp³-hybridized carbons (Fsp3) is 0.115. The van der Waals surface area contributed by atoms with Gasteiger partial charge in [0.2, 0.25) is 0 Å². The first-order chi connectivity index (χ1) is 14.7. The normalized spacial score (nSPS) is 11.1. The summed E-state index contributed by atoms with van der Waals surface area (Å²) >= 11 is 0. The number of aliphatic imine (C=N–C) groups is 1. The van der Waals surface area contributed by atoms with Crippen LogP contribution in [0.25, 0.3) is 18.7 Å². The number of rotatable bonds is 7. The van der Waals surface area contributed by atoms with Gasteiger partial charge < -0.3 is 15.6 Å². The number of hydrogen-bond donors (Lipinski definition) is 2. The molecule has 1 aromatic rings. The topological polar surface area (TPSA) is 88.3 Å². The lowest BCUT2D eigenvalue weighted by Crippen LogP contribution is -2.06. The SMILES string of the molecule is C=C(/C=C\C=NC(=C)C=N)/C=C(\CN)c1cc(C)cc(C)oc(=C)cccnc(=C)c1. The summed E-state index contributed by atoms with van der Waals surface area (Å²) in [5.74, 6) is 0.717. The molecular formula is C26H30N4O. The summed E-state index contributed by atoms with van der Waals surface area (Å²) in [5.41, 5.74) is 10.4. The lowest BCUT2D eigenvalue weighted by molar-refractivity contribution is 0.490. The van der Waals surface area contributed by atoms with E-state index < -0.39 is 0 Å². The van der Waals surface area contributed by atoms with Crippen molar-refractivity contribution < 1.29 is 4.42 Å². The predicted molar refractivity (Wildman–Crippen MR) is 133 cm³/mol. The van der Waals surface area contributed by atoms with Gasteiger partial charge in [0.25, 0.3) is 0 Å².